The summed E-state index contributed by atoms with van der Waals surface area (Å²) in [5.74, 6) is -0.0261. The number of amides is 1. The van der Waals surface area contributed by atoms with E-state index in [-0.39, 0.29) is 16.7 Å². The van der Waals surface area contributed by atoms with E-state index in [9.17, 15) is 4.79 Å². The van der Waals surface area contributed by atoms with E-state index in [1.165, 1.54) is 24.8 Å². The lowest BCUT2D eigenvalue weighted by Crippen LogP contribution is -2.52. The Balaban J connectivity index is 1.92. The number of rotatable bonds is 5. The summed E-state index contributed by atoms with van der Waals surface area (Å²) in [6, 6.07) is 10.1. The first kappa shape index (κ1) is 16.0. The Morgan fingerprint density at radius 1 is 1.29 bits per heavy atom. The molecule has 1 atom stereocenters. The van der Waals surface area contributed by atoms with Crippen molar-refractivity contribution < 1.29 is 4.79 Å². The number of nitrogens with two attached hydrogens (primary N) is 1. The highest BCUT2D eigenvalue weighted by atomic mass is 16.2. The van der Waals surface area contributed by atoms with Gasteiger partial charge in [-0.05, 0) is 35.7 Å². The molecule has 0 radical (unpaired) electrons. The third-order valence-corrected chi connectivity index (χ3v) is 4.69. The first-order valence-corrected chi connectivity index (χ1v) is 7.90. The van der Waals surface area contributed by atoms with Gasteiger partial charge in [0.25, 0.3) is 0 Å². The molecule has 1 aliphatic rings. The van der Waals surface area contributed by atoms with E-state index in [4.69, 9.17) is 5.73 Å². The molecule has 1 amide bonds. The Morgan fingerprint density at radius 2 is 1.90 bits per heavy atom. The summed E-state index contributed by atoms with van der Waals surface area (Å²) >= 11 is 0. The van der Waals surface area contributed by atoms with Crippen molar-refractivity contribution in [3.05, 3.63) is 35.9 Å². The molecule has 0 bridgehead atoms. The predicted octanol–water partition coefficient (Wildman–Crippen LogP) is 2.89. The lowest BCUT2D eigenvalue weighted by molar-refractivity contribution is -0.125. The summed E-state index contributed by atoms with van der Waals surface area (Å²) in [4.78, 5) is 12.2. The molecule has 1 aromatic rings. The molecule has 3 N–H and O–H groups in total. The first-order valence-electron chi connectivity index (χ1n) is 7.90. The van der Waals surface area contributed by atoms with Gasteiger partial charge >= 0.3 is 0 Å². The molecule has 3 heteroatoms. The van der Waals surface area contributed by atoms with E-state index in [2.05, 4.69) is 29.6 Å². The summed E-state index contributed by atoms with van der Waals surface area (Å²) in [5, 5.41) is 3.09. The molecule has 0 aliphatic heterocycles. The molecule has 1 fully saturated rings. The Kier molecular flexibility index (Phi) is 4.72. The molecule has 0 heterocycles. The van der Waals surface area contributed by atoms with Gasteiger partial charge in [0.05, 0.1) is 6.04 Å². The van der Waals surface area contributed by atoms with E-state index < -0.39 is 6.04 Å². The Hall–Kier alpha value is -1.35. The van der Waals surface area contributed by atoms with Crippen LogP contribution in [-0.4, -0.2) is 18.5 Å². The fourth-order valence-electron chi connectivity index (χ4n) is 2.90. The molecule has 0 aromatic heterocycles. The quantitative estimate of drug-likeness (QED) is 0.875. The van der Waals surface area contributed by atoms with Gasteiger partial charge in [0.1, 0.15) is 0 Å². The van der Waals surface area contributed by atoms with Crippen LogP contribution in [-0.2, 0) is 11.2 Å². The summed E-state index contributed by atoms with van der Waals surface area (Å²) in [5.41, 5.74) is 7.41. The fraction of sp³-hybridized carbons (Fsp3) is 0.611. The van der Waals surface area contributed by atoms with Crippen molar-refractivity contribution in [3.8, 4) is 0 Å². The van der Waals surface area contributed by atoms with Crippen LogP contribution in [0.15, 0.2) is 30.3 Å². The van der Waals surface area contributed by atoms with Crippen LogP contribution in [0.1, 0.15) is 45.6 Å². The van der Waals surface area contributed by atoms with Gasteiger partial charge in [0.2, 0.25) is 5.91 Å². The molecular formula is C18H28N2O. The third-order valence-electron chi connectivity index (χ3n) is 4.69. The van der Waals surface area contributed by atoms with Gasteiger partial charge in [0.15, 0.2) is 0 Å². The number of carbonyl (C=O) groups is 1. The number of hydrogen-bond donors (Lipinski definition) is 2. The SMILES string of the molecule is CC(C)(C)[C@H](N)C(=O)NCC1(Cc2ccccc2)CCC1. The minimum Gasteiger partial charge on any atom is -0.354 e. The van der Waals surface area contributed by atoms with Crippen molar-refractivity contribution >= 4 is 5.91 Å². The maximum Gasteiger partial charge on any atom is 0.237 e. The second-order valence-corrected chi connectivity index (χ2v) is 7.58. The second-order valence-electron chi connectivity index (χ2n) is 7.58. The average molecular weight is 288 g/mol. The van der Waals surface area contributed by atoms with Gasteiger partial charge in [-0.2, -0.15) is 0 Å². The zero-order valence-corrected chi connectivity index (χ0v) is 13.5. The summed E-state index contributed by atoms with van der Waals surface area (Å²) in [6.45, 7) is 6.74. The molecule has 3 nitrogen and oxygen atoms in total. The van der Waals surface area contributed by atoms with Gasteiger partial charge in [-0.25, -0.2) is 0 Å². The third kappa shape index (κ3) is 4.07. The summed E-state index contributed by atoms with van der Waals surface area (Å²) in [7, 11) is 0. The zero-order chi connectivity index (χ0) is 15.5. The Bertz CT molecular complexity index is 472. The predicted molar refractivity (Wildman–Crippen MR) is 86.9 cm³/mol. The van der Waals surface area contributed by atoms with Crippen molar-refractivity contribution in [2.45, 2.75) is 52.5 Å². The van der Waals surface area contributed by atoms with Crippen LogP contribution in [0.4, 0.5) is 0 Å². The summed E-state index contributed by atoms with van der Waals surface area (Å²) in [6.07, 6.45) is 4.67. The van der Waals surface area contributed by atoms with Gasteiger partial charge in [-0.3, -0.25) is 4.79 Å². The maximum atomic E-state index is 12.2. The van der Waals surface area contributed by atoms with Crippen molar-refractivity contribution in [3.63, 3.8) is 0 Å². The minimum atomic E-state index is -0.452. The Labute approximate surface area is 128 Å². The van der Waals surface area contributed by atoms with Crippen molar-refractivity contribution in [2.24, 2.45) is 16.6 Å². The lowest BCUT2D eigenvalue weighted by atomic mass is 9.65. The highest BCUT2D eigenvalue weighted by molar-refractivity contribution is 5.82. The van der Waals surface area contributed by atoms with Crippen molar-refractivity contribution in [1.82, 2.24) is 5.32 Å². The van der Waals surface area contributed by atoms with Crippen molar-refractivity contribution in [2.75, 3.05) is 6.54 Å². The van der Waals surface area contributed by atoms with Crippen LogP contribution < -0.4 is 11.1 Å². The number of benzene rings is 1. The molecule has 21 heavy (non-hydrogen) atoms. The topological polar surface area (TPSA) is 55.1 Å². The second kappa shape index (κ2) is 6.18. The van der Waals surface area contributed by atoms with Crippen LogP contribution in [0.25, 0.3) is 0 Å². The van der Waals surface area contributed by atoms with Crippen LogP contribution in [0.2, 0.25) is 0 Å². The Morgan fingerprint density at radius 3 is 2.38 bits per heavy atom. The van der Waals surface area contributed by atoms with Crippen LogP contribution >= 0.6 is 0 Å². The van der Waals surface area contributed by atoms with Gasteiger partial charge in [-0.15, -0.1) is 0 Å². The zero-order valence-electron chi connectivity index (χ0n) is 13.5. The lowest BCUT2D eigenvalue weighted by Gasteiger charge is -2.43. The number of nitrogens with one attached hydrogen (secondary N) is 1. The summed E-state index contributed by atoms with van der Waals surface area (Å²) < 4.78 is 0. The van der Waals surface area contributed by atoms with E-state index in [1.807, 2.05) is 26.8 Å². The smallest absolute Gasteiger partial charge is 0.237 e. The maximum absolute atomic E-state index is 12.2. The molecule has 1 aromatic carbocycles. The average Bonchev–Trinajstić information content (AvgIpc) is 2.40. The van der Waals surface area contributed by atoms with E-state index in [0.717, 1.165) is 13.0 Å². The van der Waals surface area contributed by atoms with Crippen LogP contribution in [0.5, 0.6) is 0 Å². The first-order chi connectivity index (χ1) is 9.82. The highest BCUT2D eigenvalue weighted by Gasteiger charge is 2.38. The molecule has 1 aliphatic carbocycles. The fourth-order valence-corrected chi connectivity index (χ4v) is 2.90. The molecule has 1 saturated carbocycles. The normalized spacial score (nSPS) is 18.7. The minimum absolute atomic E-state index is 0.0261. The van der Waals surface area contributed by atoms with Gasteiger partial charge in [0, 0.05) is 6.54 Å². The molecule has 0 unspecified atom stereocenters. The largest absolute Gasteiger partial charge is 0.354 e. The van der Waals surface area contributed by atoms with Gasteiger partial charge in [-0.1, -0.05) is 57.5 Å². The van der Waals surface area contributed by atoms with Crippen LogP contribution in [0, 0.1) is 10.8 Å². The molecule has 2 rings (SSSR count). The van der Waals surface area contributed by atoms with E-state index >= 15 is 0 Å². The number of carbonyl (C=O) groups excluding carboxylic acids is 1. The van der Waals surface area contributed by atoms with Gasteiger partial charge < -0.3 is 11.1 Å². The van der Waals surface area contributed by atoms with E-state index in [1.54, 1.807) is 0 Å². The highest BCUT2D eigenvalue weighted by Crippen LogP contribution is 2.43. The van der Waals surface area contributed by atoms with E-state index in [0.29, 0.717) is 0 Å². The standard InChI is InChI=1S/C18H28N2O/c1-17(2,3)15(19)16(21)20-13-18(10-7-11-18)12-14-8-5-4-6-9-14/h4-6,8-9,15H,7,10-13,19H2,1-3H3,(H,20,21)/t15-/m1/s1. The molecule has 0 spiro atoms. The molecule has 116 valence electrons. The van der Waals surface area contributed by atoms with Crippen molar-refractivity contribution in [1.29, 1.82) is 0 Å². The molecule has 0 saturated heterocycles. The molecular weight excluding hydrogens is 260 g/mol. The van der Waals surface area contributed by atoms with Crippen LogP contribution in [0.3, 0.4) is 0 Å². The monoisotopic (exact) mass is 288 g/mol. The number of hydrogen-bond acceptors (Lipinski definition) is 2.